The van der Waals surface area contributed by atoms with Crippen molar-refractivity contribution in [3.8, 4) is 50.2 Å². The summed E-state index contributed by atoms with van der Waals surface area (Å²) in [5.41, 5.74) is 16.4. The second-order valence-electron chi connectivity index (χ2n) is 16.5. The monoisotopic (exact) mass is 814 g/mol. The van der Waals surface area contributed by atoms with Crippen LogP contribution >= 0.6 is 0 Å². The van der Waals surface area contributed by atoms with E-state index < -0.39 is 0 Å². The zero-order chi connectivity index (χ0) is 42.4. The summed E-state index contributed by atoms with van der Waals surface area (Å²) in [6, 6.07) is 92.7. The van der Waals surface area contributed by atoms with Gasteiger partial charge in [0.05, 0.1) is 16.7 Å². The van der Waals surface area contributed by atoms with Crippen molar-refractivity contribution in [1.29, 1.82) is 0 Å². The molecule has 0 unspecified atom stereocenters. The number of benzene rings is 11. The van der Waals surface area contributed by atoms with Gasteiger partial charge in [-0.3, -0.25) is 0 Å². The van der Waals surface area contributed by atoms with Gasteiger partial charge in [0.2, 0.25) is 0 Å². The van der Waals surface area contributed by atoms with E-state index in [-0.39, 0.29) is 0 Å². The highest BCUT2D eigenvalue weighted by molar-refractivity contribution is 6.10. The minimum absolute atomic E-state index is 1.08. The molecule has 2 heteroatoms. The van der Waals surface area contributed by atoms with Crippen molar-refractivity contribution in [1.82, 2.24) is 4.57 Å². The fraction of sp³-hybridized carbons (Fsp3) is 0. The summed E-state index contributed by atoms with van der Waals surface area (Å²) in [6.07, 6.45) is 0. The number of anilines is 3. The highest BCUT2D eigenvalue weighted by atomic mass is 15.1. The summed E-state index contributed by atoms with van der Waals surface area (Å²) in [5.74, 6) is 0. The van der Waals surface area contributed by atoms with Crippen molar-refractivity contribution in [2.75, 3.05) is 4.90 Å². The summed E-state index contributed by atoms with van der Waals surface area (Å²) in [7, 11) is 0. The summed E-state index contributed by atoms with van der Waals surface area (Å²) in [6.45, 7) is 0. The lowest BCUT2D eigenvalue weighted by Gasteiger charge is -2.27. The molecular formula is C62H42N2. The van der Waals surface area contributed by atoms with E-state index in [4.69, 9.17) is 0 Å². The zero-order valence-electron chi connectivity index (χ0n) is 35.1. The van der Waals surface area contributed by atoms with E-state index in [1.54, 1.807) is 0 Å². The van der Waals surface area contributed by atoms with Crippen LogP contribution in [-0.4, -0.2) is 4.57 Å². The summed E-state index contributed by atoms with van der Waals surface area (Å²) in [5, 5.41) is 7.39. The van der Waals surface area contributed by atoms with E-state index in [9.17, 15) is 0 Å². The minimum Gasteiger partial charge on any atom is -0.310 e. The van der Waals surface area contributed by atoms with Crippen LogP contribution in [0, 0.1) is 0 Å². The maximum absolute atomic E-state index is 2.42. The average molecular weight is 815 g/mol. The molecule has 0 saturated carbocycles. The molecule has 1 heterocycles. The lowest BCUT2D eigenvalue weighted by molar-refractivity contribution is 1.18. The van der Waals surface area contributed by atoms with Crippen molar-refractivity contribution in [3.63, 3.8) is 0 Å². The number of fused-ring (bicyclic) bond motifs is 5. The third-order valence-electron chi connectivity index (χ3n) is 12.8. The van der Waals surface area contributed by atoms with Crippen LogP contribution in [0.4, 0.5) is 17.1 Å². The van der Waals surface area contributed by atoms with Gasteiger partial charge in [-0.2, -0.15) is 0 Å². The Labute approximate surface area is 373 Å². The van der Waals surface area contributed by atoms with E-state index in [1.807, 2.05) is 0 Å². The third-order valence-corrected chi connectivity index (χ3v) is 12.8. The predicted molar refractivity (Wildman–Crippen MR) is 272 cm³/mol. The molecule has 0 radical (unpaired) electrons. The summed E-state index contributed by atoms with van der Waals surface area (Å²) < 4.78 is 2.42. The van der Waals surface area contributed by atoms with Crippen LogP contribution in [0.1, 0.15) is 0 Å². The maximum atomic E-state index is 2.42. The molecule has 0 atom stereocenters. The summed E-state index contributed by atoms with van der Waals surface area (Å²) >= 11 is 0. The lowest BCUT2D eigenvalue weighted by Crippen LogP contribution is -2.10. The van der Waals surface area contributed by atoms with E-state index in [0.29, 0.717) is 0 Å². The quantitative estimate of drug-likeness (QED) is 0.148. The Bertz CT molecular complexity index is 3600. The molecule has 11 aromatic carbocycles. The van der Waals surface area contributed by atoms with Crippen LogP contribution < -0.4 is 4.90 Å². The van der Waals surface area contributed by atoms with Crippen molar-refractivity contribution in [2.24, 2.45) is 0 Å². The Kier molecular flexibility index (Phi) is 9.20. The maximum Gasteiger partial charge on any atom is 0.0541 e. The second-order valence-corrected chi connectivity index (χ2v) is 16.5. The summed E-state index contributed by atoms with van der Waals surface area (Å²) in [4.78, 5) is 2.40. The first-order valence-corrected chi connectivity index (χ1v) is 22.0. The van der Waals surface area contributed by atoms with Gasteiger partial charge in [0.15, 0.2) is 0 Å². The van der Waals surface area contributed by atoms with Gasteiger partial charge < -0.3 is 9.47 Å². The molecule has 0 N–H and O–H groups in total. The molecule has 0 aliphatic rings. The van der Waals surface area contributed by atoms with Crippen LogP contribution in [0.25, 0.3) is 93.5 Å². The molecule has 64 heavy (non-hydrogen) atoms. The number of rotatable bonds is 8. The Morgan fingerprint density at radius 1 is 0.250 bits per heavy atom. The van der Waals surface area contributed by atoms with Crippen LogP contribution in [0.15, 0.2) is 255 Å². The molecule has 0 amide bonds. The molecular weight excluding hydrogens is 773 g/mol. The molecule has 12 aromatic rings. The molecule has 0 saturated heterocycles. The first-order chi connectivity index (χ1) is 31.7. The topological polar surface area (TPSA) is 8.17 Å². The largest absolute Gasteiger partial charge is 0.310 e. The van der Waals surface area contributed by atoms with Gasteiger partial charge in [-0.25, -0.2) is 0 Å². The first-order valence-electron chi connectivity index (χ1n) is 22.0. The first kappa shape index (κ1) is 37.3. The minimum atomic E-state index is 1.08. The Hall–Kier alpha value is -8.46. The molecule has 12 rings (SSSR count). The molecule has 0 aliphatic carbocycles. The van der Waals surface area contributed by atoms with Gasteiger partial charge in [0.1, 0.15) is 0 Å². The van der Waals surface area contributed by atoms with Gasteiger partial charge in [0.25, 0.3) is 0 Å². The average Bonchev–Trinajstić information content (AvgIpc) is 3.71. The number of nitrogens with zero attached hydrogens (tertiary/aromatic N) is 2. The normalized spacial score (nSPS) is 11.4. The molecule has 0 bridgehead atoms. The number of aromatic nitrogens is 1. The molecule has 2 nitrogen and oxygen atoms in total. The Balaban J connectivity index is 0.975. The van der Waals surface area contributed by atoms with E-state index in [0.717, 1.165) is 28.3 Å². The van der Waals surface area contributed by atoms with Crippen molar-refractivity contribution in [3.05, 3.63) is 255 Å². The van der Waals surface area contributed by atoms with Crippen molar-refractivity contribution < 1.29 is 0 Å². The highest BCUT2D eigenvalue weighted by Crippen LogP contribution is 2.42. The molecule has 1 aromatic heterocycles. The zero-order valence-corrected chi connectivity index (χ0v) is 35.1. The van der Waals surface area contributed by atoms with Crippen LogP contribution in [0.3, 0.4) is 0 Å². The fourth-order valence-corrected chi connectivity index (χ4v) is 9.66. The SMILES string of the molecule is c1ccc(-c2ccc(-c3ccc4ccc(N(c5ccc(-c6ccccc6-n6c7ccccc7c7ccccc76)cc5)c5cccc(-c6cccc7ccccc67)c5)cc4c3)cc2)cc1. The van der Waals surface area contributed by atoms with Gasteiger partial charge in [-0.1, -0.05) is 194 Å². The highest BCUT2D eigenvalue weighted by Gasteiger charge is 2.18. The Morgan fingerprint density at radius 3 is 1.55 bits per heavy atom. The number of para-hydroxylation sites is 3. The van der Waals surface area contributed by atoms with Gasteiger partial charge in [0, 0.05) is 33.4 Å². The smallest absolute Gasteiger partial charge is 0.0541 e. The number of hydrogen-bond donors (Lipinski definition) is 0. The van der Waals surface area contributed by atoms with Gasteiger partial charge in [-0.05, 0) is 121 Å². The van der Waals surface area contributed by atoms with Crippen molar-refractivity contribution in [2.45, 2.75) is 0 Å². The number of hydrogen-bond acceptors (Lipinski definition) is 1. The molecule has 300 valence electrons. The van der Waals surface area contributed by atoms with Crippen molar-refractivity contribution >= 4 is 60.4 Å². The van der Waals surface area contributed by atoms with Crippen LogP contribution in [0.2, 0.25) is 0 Å². The van der Waals surface area contributed by atoms with Gasteiger partial charge in [-0.15, -0.1) is 0 Å². The van der Waals surface area contributed by atoms with Gasteiger partial charge >= 0.3 is 0 Å². The lowest BCUT2D eigenvalue weighted by atomic mass is 9.97. The van der Waals surface area contributed by atoms with Crippen LogP contribution in [-0.2, 0) is 0 Å². The molecule has 0 fully saturated rings. The fourth-order valence-electron chi connectivity index (χ4n) is 9.66. The Morgan fingerprint density at radius 2 is 0.766 bits per heavy atom. The second kappa shape index (κ2) is 15.8. The standard InChI is InChI=1S/C62H42N2/c1-2-14-43(15-3-1)44-28-30-45(31-29-44)49-33-32-46-34-39-54(42-51(46)40-49)63(53-19-12-18-50(41-53)56-24-13-17-47-16-4-5-20-55(47)56)52-37-35-48(36-38-52)57-21-6-9-25-60(57)64-61-26-10-7-22-58(61)59-23-8-11-27-62(59)64/h1-42H. The molecule has 0 aliphatic heterocycles. The van der Waals surface area contributed by atoms with E-state index >= 15 is 0 Å². The van der Waals surface area contributed by atoms with E-state index in [2.05, 4.69) is 264 Å². The molecule has 0 spiro atoms. The third kappa shape index (κ3) is 6.61. The van der Waals surface area contributed by atoms with E-state index in [1.165, 1.54) is 82.3 Å². The predicted octanol–water partition coefficient (Wildman–Crippen LogP) is 17.2. The van der Waals surface area contributed by atoms with Crippen LogP contribution in [0.5, 0.6) is 0 Å².